The Morgan fingerprint density at radius 2 is 2.12 bits per heavy atom. The molecule has 3 atom stereocenters. The number of nitrogens with zero attached hydrogens (tertiary/aromatic N) is 3. The monoisotopic (exact) mass is 466 g/mol. The number of benzene rings is 1. The minimum absolute atomic E-state index is 0.0139. The van der Waals surface area contributed by atoms with Gasteiger partial charge < -0.3 is 30.7 Å². The minimum atomic E-state index is -4.74. The van der Waals surface area contributed by atoms with Gasteiger partial charge in [-0.25, -0.2) is 9.55 Å². The van der Waals surface area contributed by atoms with E-state index in [4.69, 9.17) is 20.3 Å². The van der Waals surface area contributed by atoms with Gasteiger partial charge in [0.25, 0.3) is 5.56 Å². The van der Waals surface area contributed by atoms with Gasteiger partial charge in [0.1, 0.15) is 12.3 Å². The number of imidazole rings is 1. The third kappa shape index (κ3) is 4.39. The summed E-state index contributed by atoms with van der Waals surface area (Å²) >= 11 is 0. The van der Waals surface area contributed by atoms with Crippen LogP contribution in [0.5, 0.6) is 0 Å². The van der Waals surface area contributed by atoms with Gasteiger partial charge in [0.2, 0.25) is 11.9 Å². The van der Waals surface area contributed by atoms with Crippen molar-refractivity contribution < 1.29 is 28.7 Å². The Morgan fingerprint density at radius 1 is 1.38 bits per heavy atom. The van der Waals surface area contributed by atoms with Gasteiger partial charge in [0.15, 0.2) is 11.2 Å². The highest BCUT2D eigenvalue weighted by Crippen LogP contribution is 2.39. The largest absolute Gasteiger partial charge is 0.469 e. The van der Waals surface area contributed by atoms with Crippen LogP contribution in [0.2, 0.25) is 0 Å². The third-order valence-electron chi connectivity index (χ3n) is 5.32. The number of nitrogen functional groups attached to an aromatic ring is 1. The quantitative estimate of drug-likeness (QED) is 0.281. The van der Waals surface area contributed by atoms with Crippen molar-refractivity contribution in [3.63, 3.8) is 0 Å². The first-order chi connectivity index (χ1) is 15.0. The number of aromatic nitrogens is 4. The summed E-state index contributed by atoms with van der Waals surface area (Å²) < 4.78 is 22.8. The molecule has 0 radical (unpaired) electrons. The number of nitrogens with two attached hydrogens (primary N) is 1. The number of aromatic amines is 1. The van der Waals surface area contributed by atoms with Gasteiger partial charge in [-0.05, 0) is 31.0 Å². The Bertz CT molecular complexity index is 1270. The number of hydrogen-bond acceptors (Lipinski definition) is 9. The first-order valence-corrected chi connectivity index (χ1v) is 11.2. The first kappa shape index (κ1) is 22.4. The number of aryl methyl sites for hydroxylation is 1. The number of hydrogen-bond donors (Lipinski definition) is 6. The van der Waals surface area contributed by atoms with Crippen molar-refractivity contribution in [1.82, 2.24) is 19.5 Å². The standard InChI is InChI=1S/C18H23N6O7P/c1-8-4-3-5-10(9(8)2)20-18-21-14-15(22-17(19)23-16(14)26)24(18)13-6-11(25)12(31-13)7-30-32(27,28)29/h3-5,11-13,25H,6-7H2,1-2H3,(H,20,21)(H2,27,28,29)(H3,19,22,23,26)/t11-,12+,13+/m0/s1. The van der Waals surface area contributed by atoms with Crippen LogP contribution < -0.4 is 16.6 Å². The highest BCUT2D eigenvalue weighted by atomic mass is 31.2. The maximum atomic E-state index is 12.4. The van der Waals surface area contributed by atoms with E-state index in [1.807, 2.05) is 32.0 Å². The summed E-state index contributed by atoms with van der Waals surface area (Å²) in [7, 11) is -4.74. The van der Waals surface area contributed by atoms with Crippen LogP contribution >= 0.6 is 7.82 Å². The van der Waals surface area contributed by atoms with Crippen molar-refractivity contribution in [2.45, 2.75) is 38.7 Å². The van der Waals surface area contributed by atoms with E-state index in [1.165, 1.54) is 4.57 Å². The number of rotatable bonds is 6. The summed E-state index contributed by atoms with van der Waals surface area (Å²) in [5.74, 6) is 0.105. The molecule has 0 saturated carbocycles. The summed E-state index contributed by atoms with van der Waals surface area (Å²) in [6, 6.07) is 5.67. The number of nitrogens with one attached hydrogen (secondary N) is 2. The smallest absolute Gasteiger partial charge is 0.390 e. The highest BCUT2D eigenvalue weighted by molar-refractivity contribution is 7.46. The molecule has 1 aliphatic heterocycles. The zero-order valence-electron chi connectivity index (χ0n) is 17.2. The molecule has 7 N–H and O–H groups in total. The molecule has 14 heteroatoms. The van der Waals surface area contributed by atoms with E-state index in [1.54, 1.807) is 0 Å². The van der Waals surface area contributed by atoms with Crippen LogP contribution in [0.4, 0.5) is 17.6 Å². The lowest BCUT2D eigenvalue weighted by atomic mass is 10.1. The Morgan fingerprint density at radius 3 is 2.84 bits per heavy atom. The second-order valence-corrected chi connectivity index (χ2v) is 8.76. The molecule has 172 valence electrons. The fraction of sp³-hybridized carbons (Fsp3) is 0.389. The predicted molar refractivity (Wildman–Crippen MR) is 114 cm³/mol. The van der Waals surface area contributed by atoms with Crippen molar-refractivity contribution >= 4 is 36.6 Å². The van der Waals surface area contributed by atoms with Crippen LogP contribution in [0, 0.1) is 13.8 Å². The average Bonchev–Trinajstić information content (AvgIpc) is 3.23. The van der Waals surface area contributed by atoms with E-state index in [2.05, 4.69) is 24.8 Å². The minimum Gasteiger partial charge on any atom is -0.390 e. The Kier molecular flexibility index (Phi) is 5.79. The van der Waals surface area contributed by atoms with E-state index in [0.717, 1.165) is 16.8 Å². The predicted octanol–water partition coefficient (Wildman–Crippen LogP) is 0.820. The molecule has 1 fully saturated rings. The first-order valence-electron chi connectivity index (χ1n) is 9.68. The molecule has 13 nitrogen and oxygen atoms in total. The second-order valence-electron chi connectivity index (χ2n) is 7.52. The lowest BCUT2D eigenvalue weighted by Crippen LogP contribution is -2.26. The van der Waals surface area contributed by atoms with Crippen LogP contribution in [0.25, 0.3) is 11.2 Å². The number of ether oxygens (including phenoxy) is 1. The van der Waals surface area contributed by atoms with Gasteiger partial charge in [0, 0.05) is 12.1 Å². The van der Waals surface area contributed by atoms with Crippen LogP contribution in [0.15, 0.2) is 23.0 Å². The van der Waals surface area contributed by atoms with Crippen LogP contribution in [0.1, 0.15) is 23.8 Å². The molecule has 0 spiro atoms. The maximum absolute atomic E-state index is 12.4. The number of anilines is 3. The maximum Gasteiger partial charge on any atom is 0.469 e. The number of phosphoric ester groups is 1. The molecule has 1 aromatic carbocycles. The van der Waals surface area contributed by atoms with E-state index < -0.39 is 38.4 Å². The second kappa shape index (κ2) is 8.28. The molecule has 0 unspecified atom stereocenters. The normalized spacial score (nSPS) is 21.3. The van der Waals surface area contributed by atoms with Gasteiger partial charge in [-0.3, -0.25) is 18.9 Å². The Hall–Kier alpha value is -2.80. The Balaban J connectivity index is 1.76. The number of H-pyrrole nitrogens is 1. The van der Waals surface area contributed by atoms with E-state index in [0.29, 0.717) is 0 Å². The van der Waals surface area contributed by atoms with E-state index in [9.17, 15) is 14.5 Å². The van der Waals surface area contributed by atoms with E-state index >= 15 is 0 Å². The summed E-state index contributed by atoms with van der Waals surface area (Å²) in [5.41, 5.74) is 8.07. The van der Waals surface area contributed by atoms with Crippen molar-refractivity contribution in [3.05, 3.63) is 39.7 Å². The molecule has 32 heavy (non-hydrogen) atoms. The van der Waals surface area contributed by atoms with Crippen molar-refractivity contribution in [1.29, 1.82) is 0 Å². The fourth-order valence-electron chi connectivity index (χ4n) is 3.56. The van der Waals surface area contributed by atoms with Crippen molar-refractivity contribution in [2.24, 2.45) is 0 Å². The molecule has 3 heterocycles. The zero-order valence-corrected chi connectivity index (χ0v) is 18.1. The molecule has 0 aliphatic carbocycles. The van der Waals surface area contributed by atoms with E-state index in [-0.39, 0.29) is 29.5 Å². The highest BCUT2D eigenvalue weighted by Gasteiger charge is 2.38. The van der Waals surface area contributed by atoms with Crippen LogP contribution in [-0.2, 0) is 13.8 Å². The molecule has 3 aromatic rings. The van der Waals surface area contributed by atoms with Gasteiger partial charge in [0.05, 0.1) is 12.7 Å². The Labute approximate surface area is 181 Å². The van der Waals surface area contributed by atoms with Crippen LogP contribution in [-0.4, -0.2) is 53.2 Å². The molecular weight excluding hydrogens is 443 g/mol. The summed E-state index contributed by atoms with van der Waals surface area (Å²) in [6.07, 6.45) is -2.92. The van der Waals surface area contributed by atoms with Crippen LogP contribution in [0.3, 0.4) is 0 Å². The average molecular weight is 466 g/mol. The number of aliphatic hydroxyl groups excluding tert-OH is 1. The summed E-state index contributed by atoms with van der Waals surface area (Å²) in [4.78, 5) is 41.2. The van der Waals surface area contributed by atoms with Crippen molar-refractivity contribution in [2.75, 3.05) is 17.7 Å². The summed E-state index contributed by atoms with van der Waals surface area (Å²) in [6.45, 7) is 3.36. The molecule has 1 saturated heterocycles. The number of phosphoric acid groups is 1. The zero-order chi connectivity index (χ0) is 23.2. The molecular formula is C18H23N6O7P. The molecule has 0 amide bonds. The fourth-order valence-corrected chi connectivity index (χ4v) is 3.90. The lowest BCUT2D eigenvalue weighted by molar-refractivity contribution is -0.0417. The molecule has 0 bridgehead atoms. The van der Waals surface area contributed by atoms with Gasteiger partial charge in [-0.2, -0.15) is 4.98 Å². The summed E-state index contributed by atoms with van der Waals surface area (Å²) in [5, 5.41) is 13.6. The van der Waals surface area contributed by atoms with Crippen molar-refractivity contribution in [3.8, 4) is 0 Å². The SMILES string of the molecule is Cc1cccc(Nc2nc3c(=O)[nH]c(N)nc3n2[C@H]2C[C@H](O)[C@@H](COP(=O)(O)O)O2)c1C. The molecule has 4 rings (SSSR count). The number of aliphatic hydroxyl groups is 1. The number of fused-ring (bicyclic) bond motifs is 1. The van der Waals surface area contributed by atoms with Gasteiger partial charge in [-0.15, -0.1) is 0 Å². The topological polar surface area (TPSA) is 198 Å². The molecule has 1 aliphatic rings. The lowest BCUT2D eigenvalue weighted by Gasteiger charge is -2.19. The van der Waals surface area contributed by atoms with Gasteiger partial charge >= 0.3 is 7.82 Å². The molecule has 2 aromatic heterocycles. The van der Waals surface area contributed by atoms with Gasteiger partial charge in [-0.1, -0.05) is 12.1 Å². The third-order valence-corrected chi connectivity index (χ3v) is 5.80.